The maximum atomic E-state index is 14.0. The molecule has 2 amide bonds. The number of carbonyl (C=O) groups excluding carboxylic acids is 2. The van der Waals surface area contributed by atoms with Crippen molar-refractivity contribution in [2.45, 2.75) is 32.7 Å². The number of amides is 2. The molecule has 160 valence electrons. The molecule has 1 unspecified atom stereocenters. The van der Waals surface area contributed by atoms with Crippen molar-refractivity contribution in [2.75, 3.05) is 10.2 Å². The number of hydrogen-bond donors (Lipinski definition) is 1. The van der Waals surface area contributed by atoms with Gasteiger partial charge in [0.15, 0.2) is 5.13 Å². The number of anilines is 2. The first-order valence-electron chi connectivity index (χ1n) is 10.6. The number of benzene rings is 3. The highest BCUT2D eigenvalue weighted by molar-refractivity contribution is 7.22. The molecule has 0 fully saturated rings. The van der Waals surface area contributed by atoms with Crippen molar-refractivity contribution in [1.82, 2.24) is 4.98 Å². The van der Waals surface area contributed by atoms with Crippen LogP contribution in [0.25, 0.3) is 10.2 Å². The lowest BCUT2D eigenvalue weighted by Crippen LogP contribution is -2.38. The van der Waals surface area contributed by atoms with Crippen LogP contribution in [-0.2, 0) is 16.1 Å². The Hall–Kier alpha value is -3.51. The molecular formula is C26H23N3O2S. The number of para-hydroxylation sites is 1. The molecule has 6 heteroatoms. The maximum absolute atomic E-state index is 14.0. The lowest BCUT2D eigenvalue weighted by Gasteiger charge is -2.29. The van der Waals surface area contributed by atoms with Gasteiger partial charge in [0.05, 0.1) is 22.7 Å². The molecule has 1 aliphatic rings. The first kappa shape index (κ1) is 20.4. The van der Waals surface area contributed by atoms with Crippen molar-refractivity contribution in [3.63, 3.8) is 0 Å². The Balaban J connectivity index is 1.60. The zero-order valence-corrected chi connectivity index (χ0v) is 18.8. The molecule has 5 nitrogen and oxygen atoms in total. The zero-order valence-electron chi connectivity index (χ0n) is 18.0. The van der Waals surface area contributed by atoms with Gasteiger partial charge in [-0.25, -0.2) is 4.98 Å². The lowest BCUT2D eigenvalue weighted by atomic mass is 9.89. The van der Waals surface area contributed by atoms with Crippen LogP contribution in [0.3, 0.4) is 0 Å². The molecule has 0 spiro atoms. The Bertz CT molecular complexity index is 1330. The summed E-state index contributed by atoms with van der Waals surface area (Å²) in [5, 5.41) is 3.54. The number of aromatic nitrogens is 1. The maximum Gasteiger partial charge on any atom is 0.237 e. The van der Waals surface area contributed by atoms with Gasteiger partial charge < -0.3 is 5.32 Å². The van der Waals surface area contributed by atoms with E-state index in [-0.39, 0.29) is 18.2 Å². The van der Waals surface area contributed by atoms with Crippen molar-refractivity contribution in [2.24, 2.45) is 0 Å². The molecule has 4 aromatic rings. The summed E-state index contributed by atoms with van der Waals surface area (Å²) in [5.74, 6) is -0.791. The summed E-state index contributed by atoms with van der Waals surface area (Å²) in [7, 11) is 0. The predicted molar refractivity (Wildman–Crippen MR) is 129 cm³/mol. The number of thiazole rings is 1. The third-order valence-electron chi connectivity index (χ3n) is 6.05. The zero-order chi connectivity index (χ0) is 22.2. The first-order chi connectivity index (χ1) is 15.5. The van der Waals surface area contributed by atoms with Crippen LogP contribution in [0.5, 0.6) is 0 Å². The van der Waals surface area contributed by atoms with E-state index in [0.717, 1.165) is 26.9 Å². The van der Waals surface area contributed by atoms with E-state index in [9.17, 15) is 9.59 Å². The van der Waals surface area contributed by atoms with Crippen molar-refractivity contribution in [3.8, 4) is 0 Å². The summed E-state index contributed by atoms with van der Waals surface area (Å²) in [5.41, 5.74) is 5.80. The molecule has 1 aliphatic heterocycles. The molecule has 3 aromatic carbocycles. The van der Waals surface area contributed by atoms with Crippen LogP contribution in [0.4, 0.5) is 10.8 Å². The minimum atomic E-state index is -0.543. The van der Waals surface area contributed by atoms with Crippen LogP contribution in [0.15, 0.2) is 66.7 Å². The van der Waals surface area contributed by atoms with Crippen LogP contribution >= 0.6 is 11.3 Å². The second-order valence-corrected chi connectivity index (χ2v) is 9.16. The van der Waals surface area contributed by atoms with E-state index in [1.165, 1.54) is 16.9 Å². The molecule has 1 atom stereocenters. The summed E-state index contributed by atoms with van der Waals surface area (Å²) in [4.78, 5) is 33.0. The van der Waals surface area contributed by atoms with Crippen LogP contribution in [0.1, 0.15) is 34.6 Å². The summed E-state index contributed by atoms with van der Waals surface area (Å²) >= 11 is 1.52. The van der Waals surface area contributed by atoms with Crippen molar-refractivity contribution in [3.05, 3.63) is 89.0 Å². The number of carbonyl (C=O) groups is 2. The van der Waals surface area contributed by atoms with Crippen LogP contribution in [-0.4, -0.2) is 16.8 Å². The third kappa shape index (κ3) is 3.67. The normalized spacial score (nSPS) is 15.3. The molecule has 0 bridgehead atoms. The molecule has 0 saturated carbocycles. The molecule has 2 heterocycles. The van der Waals surface area contributed by atoms with Crippen molar-refractivity contribution >= 4 is 44.2 Å². The fourth-order valence-corrected chi connectivity index (χ4v) is 5.19. The van der Waals surface area contributed by atoms with E-state index < -0.39 is 5.92 Å². The molecule has 1 N–H and O–H groups in total. The summed E-state index contributed by atoms with van der Waals surface area (Å²) in [6.07, 6.45) is 0.129. The van der Waals surface area contributed by atoms with Gasteiger partial charge in [0.2, 0.25) is 11.8 Å². The Labute approximate surface area is 190 Å². The summed E-state index contributed by atoms with van der Waals surface area (Å²) in [6.45, 7) is 4.53. The number of rotatable bonds is 4. The van der Waals surface area contributed by atoms with E-state index in [2.05, 4.69) is 31.3 Å². The van der Waals surface area contributed by atoms with E-state index in [1.807, 2.05) is 54.6 Å². The minimum absolute atomic E-state index is 0.107. The molecule has 0 aliphatic carbocycles. The molecule has 1 aromatic heterocycles. The molecule has 0 radical (unpaired) electrons. The Kier molecular flexibility index (Phi) is 5.23. The highest BCUT2D eigenvalue weighted by atomic mass is 32.1. The van der Waals surface area contributed by atoms with Crippen LogP contribution in [0, 0.1) is 13.8 Å². The van der Waals surface area contributed by atoms with Crippen LogP contribution in [0.2, 0.25) is 0 Å². The second-order valence-electron chi connectivity index (χ2n) is 8.15. The number of nitrogens with one attached hydrogen (secondary N) is 1. The standard InChI is InChI=1S/C26H23N3O2S/c1-16-12-13-22-24(17(16)2)28-26(32-22)29(15-18-8-4-3-5-9-18)25(31)20-14-23(30)27-21-11-7-6-10-19(20)21/h3-13,20H,14-15H2,1-2H3,(H,27,30). The van der Waals surface area contributed by atoms with Gasteiger partial charge in [-0.1, -0.05) is 65.9 Å². The van der Waals surface area contributed by atoms with Gasteiger partial charge in [0.25, 0.3) is 0 Å². The highest BCUT2D eigenvalue weighted by Gasteiger charge is 2.35. The fraction of sp³-hybridized carbons (Fsp3) is 0.192. The van der Waals surface area contributed by atoms with Gasteiger partial charge >= 0.3 is 0 Å². The van der Waals surface area contributed by atoms with Crippen LogP contribution < -0.4 is 10.2 Å². The number of nitrogens with zero attached hydrogens (tertiary/aromatic N) is 2. The topological polar surface area (TPSA) is 62.3 Å². The number of hydrogen-bond acceptors (Lipinski definition) is 4. The van der Waals surface area contributed by atoms with E-state index in [0.29, 0.717) is 17.4 Å². The Morgan fingerprint density at radius 1 is 1.06 bits per heavy atom. The molecule has 0 saturated heterocycles. The third-order valence-corrected chi connectivity index (χ3v) is 7.10. The summed E-state index contributed by atoms with van der Waals surface area (Å²) in [6, 6.07) is 21.6. The number of fused-ring (bicyclic) bond motifs is 2. The first-order valence-corrected chi connectivity index (χ1v) is 11.4. The van der Waals surface area contributed by atoms with Gasteiger partial charge in [-0.05, 0) is 48.2 Å². The smallest absolute Gasteiger partial charge is 0.237 e. The highest BCUT2D eigenvalue weighted by Crippen LogP contribution is 2.38. The van der Waals surface area contributed by atoms with Crippen molar-refractivity contribution < 1.29 is 9.59 Å². The monoisotopic (exact) mass is 441 g/mol. The molecule has 32 heavy (non-hydrogen) atoms. The average Bonchev–Trinajstić information content (AvgIpc) is 3.24. The van der Waals surface area contributed by atoms with E-state index in [4.69, 9.17) is 4.98 Å². The second kappa shape index (κ2) is 8.20. The van der Waals surface area contributed by atoms with Gasteiger partial charge in [-0.15, -0.1) is 0 Å². The lowest BCUT2D eigenvalue weighted by molar-refractivity contribution is -0.124. The van der Waals surface area contributed by atoms with Gasteiger partial charge in [-0.3, -0.25) is 14.5 Å². The summed E-state index contributed by atoms with van der Waals surface area (Å²) < 4.78 is 1.05. The van der Waals surface area contributed by atoms with Crippen molar-refractivity contribution in [1.29, 1.82) is 0 Å². The Morgan fingerprint density at radius 2 is 1.81 bits per heavy atom. The largest absolute Gasteiger partial charge is 0.326 e. The minimum Gasteiger partial charge on any atom is -0.326 e. The fourth-order valence-electron chi connectivity index (χ4n) is 4.16. The molecular weight excluding hydrogens is 418 g/mol. The quantitative estimate of drug-likeness (QED) is 0.450. The predicted octanol–water partition coefficient (Wildman–Crippen LogP) is 5.57. The average molecular weight is 442 g/mol. The molecule has 5 rings (SSSR count). The van der Waals surface area contributed by atoms with E-state index in [1.54, 1.807) is 4.90 Å². The SMILES string of the molecule is Cc1ccc2sc(N(Cc3ccccc3)C(=O)C3CC(=O)Nc4ccccc43)nc2c1C. The Morgan fingerprint density at radius 3 is 2.62 bits per heavy atom. The van der Waals surface area contributed by atoms with Gasteiger partial charge in [0.1, 0.15) is 0 Å². The van der Waals surface area contributed by atoms with Gasteiger partial charge in [-0.2, -0.15) is 0 Å². The van der Waals surface area contributed by atoms with E-state index >= 15 is 0 Å². The number of aryl methyl sites for hydroxylation is 2. The van der Waals surface area contributed by atoms with Gasteiger partial charge in [0, 0.05) is 12.1 Å².